The zero-order valence-electron chi connectivity index (χ0n) is 12.9. The van der Waals surface area contributed by atoms with Gasteiger partial charge in [0.25, 0.3) is 0 Å². The summed E-state index contributed by atoms with van der Waals surface area (Å²) in [6.07, 6.45) is 0.434. The number of aliphatic imine (C=N–C) groups is 1. The van der Waals surface area contributed by atoms with Gasteiger partial charge >= 0.3 is 0 Å². The van der Waals surface area contributed by atoms with Crippen LogP contribution < -0.4 is 0 Å². The number of nitrogens with zero attached hydrogens (tertiary/aromatic N) is 1. The van der Waals surface area contributed by atoms with Crippen molar-refractivity contribution in [3.63, 3.8) is 0 Å². The molecule has 0 saturated carbocycles. The SMILES string of the molecule is CC(=O)C/C(C)=N/c1c(C(C)C)cccc1C(C)C. The number of hydrogen-bond donors (Lipinski definition) is 0. The van der Waals surface area contributed by atoms with Gasteiger partial charge in [-0.25, -0.2) is 0 Å². The van der Waals surface area contributed by atoms with Crippen LogP contribution in [0, 0.1) is 0 Å². The minimum atomic E-state index is 0.161. The van der Waals surface area contributed by atoms with Crippen LogP contribution in [0.1, 0.15) is 70.9 Å². The minimum absolute atomic E-state index is 0.161. The fraction of sp³-hybridized carbons (Fsp3) is 0.529. The molecular formula is C17H25NO. The third-order valence-electron chi connectivity index (χ3n) is 3.15. The van der Waals surface area contributed by atoms with Gasteiger partial charge in [0.2, 0.25) is 0 Å². The molecule has 0 amide bonds. The van der Waals surface area contributed by atoms with Crippen molar-refractivity contribution >= 4 is 17.2 Å². The van der Waals surface area contributed by atoms with Crippen molar-refractivity contribution in [2.45, 2.75) is 59.8 Å². The molecule has 0 saturated heterocycles. The lowest BCUT2D eigenvalue weighted by Crippen LogP contribution is -2.01. The molecule has 0 aromatic heterocycles. The highest BCUT2D eigenvalue weighted by Crippen LogP contribution is 2.34. The summed E-state index contributed by atoms with van der Waals surface area (Å²) in [5.41, 5.74) is 4.47. The number of carbonyl (C=O) groups excluding carboxylic acids is 1. The monoisotopic (exact) mass is 259 g/mol. The van der Waals surface area contributed by atoms with Crippen molar-refractivity contribution in [2.75, 3.05) is 0 Å². The Labute approximate surface area is 117 Å². The number of benzene rings is 1. The summed E-state index contributed by atoms with van der Waals surface area (Å²) in [6, 6.07) is 6.37. The molecule has 0 radical (unpaired) electrons. The number of ketones is 1. The van der Waals surface area contributed by atoms with Crippen molar-refractivity contribution in [3.8, 4) is 0 Å². The second kappa shape index (κ2) is 6.65. The third kappa shape index (κ3) is 4.30. The van der Waals surface area contributed by atoms with Crippen LogP contribution >= 0.6 is 0 Å². The molecule has 1 aromatic carbocycles. The molecule has 1 rings (SSSR count). The maximum absolute atomic E-state index is 11.2. The molecule has 0 aliphatic rings. The molecule has 19 heavy (non-hydrogen) atoms. The first-order valence-corrected chi connectivity index (χ1v) is 6.99. The highest BCUT2D eigenvalue weighted by molar-refractivity contribution is 6.01. The summed E-state index contributed by atoms with van der Waals surface area (Å²) < 4.78 is 0. The van der Waals surface area contributed by atoms with Crippen molar-refractivity contribution in [2.24, 2.45) is 4.99 Å². The van der Waals surface area contributed by atoms with E-state index in [0.717, 1.165) is 11.4 Å². The largest absolute Gasteiger partial charge is 0.300 e. The Hall–Kier alpha value is -1.44. The standard InChI is InChI=1S/C17H25NO/c1-11(2)15-8-7-9-16(12(3)4)17(15)18-13(5)10-14(6)19/h7-9,11-12H,10H2,1-6H3/b18-13+. The zero-order chi connectivity index (χ0) is 14.6. The van der Waals surface area contributed by atoms with Crippen molar-refractivity contribution < 1.29 is 4.79 Å². The van der Waals surface area contributed by atoms with E-state index in [2.05, 4.69) is 45.9 Å². The minimum Gasteiger partial charge on any atom is -0.300 e. The van der Waals surface area contributed by atoms with Gasteiger partial charge in [0.15, 0.2) is 0 Å². The predicted octanol–water partition coefficient (Wildman–Crippen LogP) is 5.00. The summed E-state index contributed by atoms with van der Waals surface area (Å²) in [6.45, 7) is 12.3. The molecule has 0 N–H and O–H groups in total. The molecule has 0 aliphatic carbocycles. The molecule has 104 valence electrons. The van der Waals surface area contributed by atoms with E-state index in [1.165, 1.54) is 11.1 Å². The van der Waals surface area contributed by atoms with E-state index in [0.29, 0.717) is 18.3 Å². The summed E-state index contributed by atoms with van der Waals surface area (Å²) in [5.74, 6) is 1.03. The summed E-state index contributed by atoms with van der Waals surface area (Å²) in [5, 5.41) is 0. The normalized spacial score (nSPS) is 12.3. The Morgan fingerprint density at radius 1 is 1.05 bits per heavy atom. The van der Waals surface area contributed by atoms with E-state index in [1.807, 2.05) is 6.92 Å². The van der Waals surface area contributed by atoms with E-state index in [1.54, 1.807) is 6.92 Å². The van der Waals surface area contributed by atoms with Gasteiger partial charge in [-0.2, -0.15) is 0 Å². The first kappa shape index (κ1) is 15.6. The van der Waals surface area contributed by atoms with E-state index >= 15 is 0 Å². The molecule has 1 aromatic rings. The van der Waals surface area contributed by atoms with Gasteiger partial charge in [-0.15, -0.1) is 0 Å². The van der Waals surface area contributed by atoms with Crippen molar-refractivity contribution in [1.29, 1.82) is 0 Å². The second-order valence-corrected chi connectivity index (χ2v) is 5.82. The molecule has 0 heterocycles. The van der Waals surface area contributed by atoms with Gasteiger partial charge in [-0.1, -0.05) is 45.9 Å². The van der Waals surface area contributed by atoms with Crippen LogP contribution in [0.25, 0.3) is 0 Å². The fourth-order valence-corrected chi connectivity index (χ4v) is 2.23. The molecule has 2 nitrogen and oxygen atoms in total. The lowest BCUT2D eigenvalue weighted by Gasteiger charge is -2.17. The first-order chi connectivity index (χ1) is 8.82. The number of rotatable bonds is 5. The van der Waals surface area contributed by atoms with Gasteiger partial charge in [0.05, 0.1) is 5.69 Å². The average molecular weight is 259 g/mol. The summed E-state index contributed by atoms with van der Waals surface area (Å²) in [7, 11) is 0. The zero-order valence-corrected chi connectivity index (χ0v) is 12.9. The van der Waals surface area contributed by atoms with Crippen LogP contribution in [-0.2, 0) is 4.79 Å². The van der Waals surface area contributed by atoms with Gasteiger partial charge < -0.3 is 0 Å². The van der Waals surface area contributed by atoms with Crippen LogP contribution in [0.2, 0.25) is 0 Å². The molecule has 0 bridgehead atoms. The molecule has 0 aliphatic heterocycles. The Bertz CT molecular complexity index is 458. The maximum atomic E-state index is 11.2. The fourth-order valence-electron chi connectivity index (χ4n) is 2.23. The Morgan fingerprint density at radius 3 is 1.89 bits per heavy atom. The number of carbonyl (C=O) groups is 1. The quantitative estimate of drug-likeness (QED) is 0.684. The van der Waals surface area contributed by atoms with Crippen LogP contribution in [-0.4, -0.2) is 11.5 Å². The molecule has 0 atom stereocenters. The third-order valence-corrected chi connectivity index (χ3v) is 3.15. The van der Waals surface area contributed by atoms with Gasteiger partial charge in [0, 0.05) is 12.1 Å². The topological polar surface area (TPSA) is 29.4 Å². The summed E-state index contributed by atoms with van der Waals surface area (Å²) in [4.78, 5) is 15.9. The second-order valence-electron chi connectivity index (χ2n) is 5.82. The van der Waals surface area contributed by atoms with E-state index < -0.39 is 0 Å². The smallest absolute Gasteiger partial charge is 0.135 e. The number of hydrogen-bond acceptors (Lipinski definition) is 2. The van der Waals surface area contributed by atoms with Crippen molar-refractivity contribution in [1.82, 2.24) is 0 Å². The Balaban J connectivity index is 3.32. The molecule has 2 heteroatoms. The predicted molar refractivity (Wildman–Crippen MR) is 82.7 cm³/mol. The van der Waals surface area contributed by atoms with Crippen LogP contribution in [0.3, 0.4) is 0 Å². The van der Waals surface area contributed by atoms with E-state index in [9.17, 15) is 4.79 Å². The van der Waals surface area contributed by atoms with Gasteiger partial charge in [-0.05, 0) is 36.8 Å². The molecule has 0 spiro atoms. The van der Waals surface area contributed by atoms with E-state index in [4.69, 9.17) is 4.99 Å². The molecule has 0 unspecified atom stereocenters. The first-order valence-electron chi connectivity index (χ1n) is 6.99. The molecule has 0 fully saturated rings. The van der Waals surface area contributed by atoms with Gasteiger partial charge in [0.1, 0.15) is 5.78 Å². The van der Waals surface area contributed by atoms with Crippen molar-refractivity contribution in [3.05, 3.63) is 29.3 Å². The molecular weight excluding hydrogens is 234 g/mol. The van der Waals surface area contributed by atoms with Crippen LogP contribution in [0.4, 0.5) is 5.69 Å². The average Bonchev–Trinajstić information content (AvgIpc) is 2.27. The Kier molecular flexibility index (Phi) is 5.46. The maximum Gasteiger partial charge on any atom is 0.135 e. The highest BCUT2D eigenvalue weighted by Gasteiger charge is 2.13. The Morgan fingerprint density at radius 2 is 1.53 bits per heavy atom. The lowest BCUT2D eigenvalue weighted by molar-refractivity contribution is -0.115. The number of Topliss-reactive ketones (excluding diaryl/α,β-unsaturated/α-hetero) is 1. The lowest BCUT2D eigenvalue weighted by atomic mass is 9.93. The van der Waals surface area contributed by atoms with Crippen LogP contribution in [0.15, 0.2) is 23.2 Å². The van der Waals surface area contributed by atoms with E-state index in [-0.39, 0.29) is 5.78 Å². The van der Waals surface area contributed by atoms with Crippen LogP contribution in [0.5, 0.6) is 0 Å². The number of para-hydroxylation sites is 1. The summed E-state index contributed by atoms with van der Waals surface area (Å²) >= 11 is 0. The highest BCUT2D eigenvalue weighted by atomic mass is 16.1. The van der Waals surface area contributed by atoms with Gasteiger partial charge in [-0.3, -0.25) is 9.79 Å².